The lowest BCUT2D eigenvalue weighted by molar-refractivity contribution is -0.123. The van der Waals surface area contributed by atoms with Crippen molar-refractivity contribution in [3.05, 3.63) is 74.0 Å². The van der Waals surface area contributed by atoms with Crippen LogP contribution in [0.25, 0.3) is 21.7 Å². The molecule has 0 spiro atoms. The largest absolute Gasteiger partial charge is 0.298 e. The number of aromatic nitrogens is 3. The van der Waals surface area contributed by atoms with E-state index >= 15 is 0 Å². The molecule has 4 aromatic rings. The van der Waals surface area contributed by atoms with Crippen LogP contribution in [0.1, 0.15) is 38.8 Å². The molecule has 0 aliphatic heterocycles. The lowest BCUT2D eigenvalue weighted by Gasteiger charge is -2.17. The summed E-state index contributed by atoms with van der Waals surface area (Å²) < 4.78 is 4.51. The van der Waals surface area contributed by atoms with Crippen LogP contribution in [-0.2, 0) is 11.2 Å². The van der Waals surface area contributed by atoms with Crippen LogP contribution in [0.3, 0.4) is 0 Å². The van der Waals surface area contributed by atoms with Gasteiger partial charge in [0.2, 0.25) is 0 Å². The molecular weight excluding hydrogens is 483 g/mol. The topological polar surface area (TPSA) is 56.9 Å². The Morgan fingerprint density at radius 1 is 1.03 bits per heavy atom. The average Bonchev–Trinajstić information content (AvgIpc) is 3.14. The maximum absolute atomic E-state index is 13.7. The van der Waals surface area contributed by atoms with Gasteiger partial charge in [-0.2, -0.15) is 0 Å². The number of carbonyl (C=O) groups excluding carboxylic acids is 1. The molecular formula is C26H27N3O2S3. The van der Waals surface area contributed by atoms with E-state index in [1.54, 1.807) is 4.57 Å². The molecule has 0 radical (unpaired) electrons. The van der Waals surface area contributed by atoms with Crippen LogP contribution in [0.15, 0.2) is 58.5 Å². The van der Waals surface area contributed by atoms with Gasteiger partial charge in [-0.15, -0.1) is 0 Å². The molecule has 8 heteroatoms. The van der Waals surface area contributed by atoms with Gasteiger partial charge in [0.1, 0.15) is 10.5 Å². The normalized spacial score (nSPS) is 11.8. The fourth-order valence-corrected chi connectivity index (χ4v) is 5.88. The number of ketones is 1. The number of rotatable bonds is 6. The lowest BCUT2D eigenvalue weighted by Crippen LogP contribution is -2.24. The van der Waals surface area contributed by atoms with E-state index in [-0.39, 0.29) is 17.1 Å². The third-order valence-corrected chi connectivity index (χ3v) is 7.93. The summed E-state index contributed by atoms with van der Waals surface area (Å²) in [5.41, 5.74) is 3.78. The van der Waals surface area contributed by atoms with Crippen molar-refractivity contribution >= 4 is 51.4 Å². The first-order valence-electron chi connectivity index (χ1n) is 11.1. The van der Waals surface area contributed by atoms with E-state index in [4.69, 9.17) is 17.2 Å². The number of hydrogen-bond donors (Lipinski definition) is 0. The van der Waals surface area contributed by atoms with Crippen LogP contribution in [-0.4, -0.2) is 25.7 Å². The standard InChI is InChI=1S/C26H27N3O2S3/c1-6-17-9-13-18(14-10-17)28-22-21(34-25(28)32)23(31)29(19-11-7-16(2)8-12-19)24(27-22)33-15-20(30)26(3,4)5/h7-14H,6,15H2,1-5H3. The van der Waals surface area contributed by atoms with E-state index in [2.05, 4.69) is 19.1 Å². The van der Waals surface area contributed by atoms with Crippen LogP contribution >= 0.6 is 35.3 Å². The first-order valence-corrected chi connectivity index (χ1v) is 13.3. The van der Waals surface area contributed by atoms with Gasteiger partial charge in [0, 0.05) is 11.1 Å². The van der Waals surface area contributed by atoms with Crippen molar-refractivity contribution in [1.82, 2.24) is 14.1 Å². The molecule has 0 saturated heterocycles. The minimum absolute atomic E-state index is 0.0969. The van der Waals surface area contributed by atoms with Crippen LogP contribution in [0.2, 0.25) is 0 Å². The molecule has 0 aliphatic rings. The molecule has 34 heavy (non-hydrogen) atoms. The van der Waals surface area contributed by atoms with E-state index in [9.17, 15) is 9.59 Å². The maximum Gasteiger partial charge on any atom is 0.278 e. The molecule has 2 aromatic heterocycles. The molecule has 0 amide bonds. The summed E-state index contributed by atoms with van der Waals surface area (Å²) in [5.74, 6) is 0.322. The molecule has 0 saturated carbocycles. The number of thiazole rings is 1. The van der Waals surface area contributed by atoms with Gasteiger partial charge in [-0.25, -0.2) is 4.98 Å². The molecule has 0 unspecified atom stereocenters. The fourth-order valence-electron chi connectivity index (χ4n) is 3.41. The fraction of sp³-hybridized carbons (Fsp3) is 0.308. The van der Waals surface area contributed by atoms with Crippen molar-refractivity contribution in [1.29, 1.82) is 0 Å². The van der Waals surface area contributed by atoms with E-state index in [0.29, 0.717) is 25.1 Å². The first kappa shape index (κ1) is 24.6. The highest BCUT2D eigenvalue weighted by atomic mass is 32.2. The van der Waals surface area contributed by atoms with Crippen LogP contribution in [0.5, 0.6) is 0 Å². The SMILES string of the molecule is CCc1ccc(-n2c(=S)sc3c(=O)n(-c4ccc(C)cc4)c(SCC(=O)C(C)(C)C)nc32)cc1. The van der Waals surface area contributed by atoms with Gasteiger partial charge < -0.3 is 0 Å². The summed E-state index contributed by atoms with van der Waals surface area (Å²) >= 11 is 8.22. The highest BCUT2D eigenvalue weighted by molar-refractivity contribution is 7.99. The predicted molar refractivity (Wildman–Crippen MR) is 145 cm³/mol. The summed E-state index contributed by atoms with van der Waals surface area (Å²) in [4.78, 5) is 31.3. The number of thioether (sulfide) groups is 1. The minimum Gasteiger partial charge on any atom is -0.298 e. The van der Waals surface area contributed by atoms with E-state index < -0.39 is 5.41 Å². The molecule has 5 nitrogen and oxygen atoms in total. The second-order valence-corrected chi connectivity index (χ2v) is 11.8. The summed E-state index contributed by atoms with van der Waals surface area (Å²) in [6.45, 7) is 9.81. The smallest absolute Gasteiger partial charge is 0.278 e. The van der Waals surface area contributed by atoms with Crippen LogP contribution in [0, 0.1) is 16.3 Å². The predicted octanol–water partition coefficient (Wildman–Crippen LogP) is 6.55. The summed E-state index contributed by atoms with van der Waals surface area (Å²) in [6.07, 6.45) is 0.943. The molecule has 0 aliphatic carbocycles. The van der Waals surface area contributed by atoms with Gasteiger partial charge in [-0.05, 0) is 55.4 Å². The summed E-state index contributed by atoms with van der Waals surface area (Å²) in [5, 5.41) is 0.477. The second kappa shape index (κ2) is 9.60. The molecule has 176 valence electrons. The summed E-state index contributed by atoms with van der Waals surface area (Å²) in [6, 6.07) is 15.9. The van der Waals surface area contributed by atoms with E-state index in [1.165, 1.54) is 28.7 Å². The number of hydrogen-bond acceptors (Lipinski definition) is 6. The zero-order chi connectivity index (χ0) is 24.6. The third kappa shape index (κ3) is 4.80. The van der Waals surface area contributed by atoms with Crippen LogP contribution < -0.4 is 5.56 Å². The van der Waals surface area contributed by atoms with Gasteiger partial charge >= 0.3 is 0 Å². The highest BCUT2D eigenvalue weighted by Crippen LogP contribution is 2.29. The van der Waals surface area contributed by atoms with Crippen molar-refractivity contribution in [2.45, 2.75) is 46.2 Å². The molecule has 0 bridgehead atoms. The Hall–Kier alpha value is -2.55. The van der Waals surface area contributed by atoms with Gasteiger partial charge in [0.05, 0.1) is 11.4 Å². The number of carbonyl (C=O) groups is 1. The Morgan fingerprint density at radius 2 is 1.62 bits per heavy atom. The van der Waals surface area contributed by atoms with Gasteiger partial charge in [0.15, 0.2) is 14.8 Å². The molecule has 2 heterocycles. The number of benzene rings is 2. The van der Waals surface area contributed by atoms with Gasteiger partial charge in [0.25, 0.3) is 5.56 Å². The van der Waals surface area contributed by atoms with E-state index in [1.807, 2.05) is 68.7 Å². The molecule has 0 fully saturated rings. The zero-order valence-electron chi connectivity index (χ0n) is 19.9. The lowest BCUT2D eigenvalue weighted by atomic mass is 9.92. The quantitative estimate of drug-likeness (QED) is 0.168. The van der Waals surface area contributed by atoms with Crippen molar-refractivity contribution in [3.8, 4) is 11.4 Å². The second-order valence-electron chi connectivity index (χ2n) is 9.21. The number of Topliss-reactive ketones (excluding diaryl/α,β-unsaturated/α-hetero) is 1. The van der Waals surface area contributed by atoms with E-state index in [0.717, 1.165) is 17.7 Å². The van der Waals surface area contributed by atoms with Crippen LogP contribution in [0.4, 0.5) is 0 Å². The summed E-state index contributed by atoms with van der Waals surface area (Å²) in [7, 11) is 0. The Labute approximate surface area is 212 Å². The highest BCUT2D eigenvalue weighted by Gasteiger charge is 2.24. The van der Waals surface area contributed by atoms with Crippen molar-refractivity contribution < 1.29 is 4.79 Å². The minimum atomic E-state index is -0.469. The Kier molecular flexibility index (Phi) is 6.94. The molecule has 0 atom stereocenters. The third-order valence-electron chi connectivity index (χ3n) is 5.64. The zero-order valence-corrected chi connectivity index (χ0v) is 22.4. The Balaban J connectivity index is 1.93. The average molecular weight is 510 g/mol. The Morgan fingerprint density at radius 3 is 2.21 bits per heavy atom. The van der Waals surface area contributed by atoms with Crippen molar-refractivity contribution in [3.63, 3.8) is 0 Å². The molecule has 2 aromatic carbocycles. The monoisotopic (exact) mass is 509 g/mol. The Bertz CT molecular complexity index is 1470. The maximum atomic E-state index is 13.7. The van der Waals surface area contributed by atoms with Crippen molar-refractivity contribution in [2.24, 2.45) is 5.41 Å². The number of nitrogens with zero attached hydrogens (tertiary/aromatic N) is 3. The van der Waals surface area contributed by atoms with Crippen molar-refractivity contribution in [2.75, 3.05) is 5.75 Å². The first-order chi connectivity index (χ1) is 16.1. The number of aryl methyl sites for hydroxylation is 2. The van der Waals surface area contributed by atoms with Gasteiger partial charge in [-0.1, -0.05) is 80.6 Å². The number of fused-ring (bicyclic) bond motifs is 1. The molecule has 4 rings (SSSR count). The molecule has 0 N–H and O–H groups in total. The van der Waals surface area contributed by atoms with Gasteiger partial charge in [-0.3, -0.25) is 18.7 Å².